The maximum atomic E-state index is 10.6. The van der Waals surface area contributed by atoms with Crippen LogP contribution in [0.2, 0.25) is 0 Å². The van der Waals surface area contributed by atoms with Crippen LogP contribution in [-0.2, 0) is 0 Å². The molecule has 0 aliphatic carbocycles. The van der Waals surface area contributed by atoms with Crippen molar-refractivity contribution in [2.45, 2.75) is 200 Å². The molecule has 0 aromatic heterocycles. The van der Waals surface area contributed by atoms with E-state index in [0.717, 1.165) is 45.4 Å². The van der Waals surface area contributed by atoms with Gasteiger partial charge in [-0.25, -0.2) is 0 Å². The third-order valence-corrected chi connectivity index (χ3v) is 9.33. The van der Waals surface area contributed by atoms with Crippen molar-refractivity contribution in [3.05, 3.63) is 0 Å². The molecule has 1 heterocycles. The number of hydrogen-bond acceptors (Lipinski definition) is 4. The maximum absolute atomic E-state index is 10.6. The second-order valence-electron chi connectivity index (χ2n) is 13.3. The number of likely N-dealkylation sites (N-methyl/N-ethyl adjacent to an activating group) is 1. The molecule has 0 saturated carbocycles. The zero-order valence-electron chi connectivity index (χ0n) is 28.5. The summed E-state index contributed by atoms with van der Waals surface area (Å²) in [4.78, 5) is 9.45. The van der Waals surface area contributed by atoms with E-state index < -0.39 is 0 Å². The van der Waals surface area contributed by atoms with Crippen LogP contribution in [0.25, 0.3) is 0 Å². The molecule has 0 spiro atoms. The molecule has 4 nitrogen and oxygen atoms in total. The number of aliphatic hydroxyl groups excluding tert-OH is 1. The number of aliphatic hydroxyl groups is 1. The van der Waals surface area contributed by atoms with Crippen molar-refractivity contribution in [3.63, 3.8) is 0 Å². The molecule has 1 N–H and O–H groups in total. The van der Waals surface area contributed by atoms with E-state index in [1.807, 2.05) is 0 Å². The van der Waals surface area contributed by atoms with Gasteiger partial charge in [0.1, 0.15) is 6.23 Å². The summed E-state index contributed by atoms with van der Waals surface area (Å²) < 4.78 is 0. The standard InChI is InChI=1S/C37H75N3O/c1-4-6-8-10-12-14-16-18-20-22-24-26-28-30-36-38-32-33-40(36)35-34-39(3)37(41)31-29-27-25-23-21-19-17-15-13-11-9-7-5-2/h37,41H,4-35H2,1-3H3. The van der Waals surface area contributed by atoms with Gasteiger partial charge in [-0.3, -0.25) is 9.89 Å². The average molecular weight is 578 g/mol. The normalized spacial score (nSPS) is 14.4. The molecule has 0 fully saturated rings. The van der Waals surface area contributed by atoms with E-state index in [1.54, 1.807) is 0 Å². The van der Waals surface area contributed by atoms with Crippen LogP contribution < -0.4 is 0 Å². The number of unbranched alkanes of at least 4 members (excludes halogenated alkanes) is 24. The number of rotatable bonds is 32. The Hall–Kier alpha value is -0.610. The third-order valence-electron chi connectivity index (χ3n) is 9.33. The topological polar surface area (TPSA) is 39.1 Å². The lowest BCUT2D eigenvalue weighted by molar-refractivity contribution is 0.0117. The molecule has 0 saturated heterocycles. The van der Waals surface area contributed by atoms with Gasteiger partial charge in [-0.05, 0) is 26.3 Å². The lowest BCUT2D eigenvalue weighted by Gasteiger charge is -2.27. The van der Waals surface area contributed by atoms with Gasteiger partial charge in [0.15, 0.2) is 0 Å². The number of nitrogens with zero attached hydrogens (tertiary/aromatic N) is 3. The average Bonchev–Trinajstić information content (AvgIpc) is 3.43. The van der Waals surface area contributed by atoms with Crippen molar-refractivity contribution in [2.75, 3.05) is 33.2 Å². The van der Waals surface area contributed by atoms with Crippen molar-refractivity contribution in [3.8, 4) is 0 Å². The van der Waals surface area contributed by atoms with Crippen LogP contribution in [-0.4, -0.2) is 60.2 Å². The zero-order valence-corrected chi connectivity index (χ0v) is 28.5. The Morgan fingerprint density at radius 3 is 1.44 bits per heavy atom. The lowest BCUT2D eigenvalue weighted by atomic mass is 10.0. The minimum atomic E-state index is -0.299. The quantitative estimate of drug-likeness (QED) is 0.0638. The van der Waals surface area contributed by atoms with Crippen LogP contribution in [0.3, 0.4) is 0 Å². The second-order valence-corrected chi connectivity index (χ2v) is 13.3. The summed E-state index contributed by atoms with van der Waals surface area (Å²) >= 11 is 0. The van der Waals surface area contributed by atoms with Crippen molar-refractivity contribution in [1.29, 1.82) is 0 Å². The largest absolute Gasteiger partial charge is 0.378 e. The summed E-state index contributed by atoms with van der Waals surface area (Å²) in [7, 11) is 2.09. The first kappa shape index (κ1) is 38.4. The molecule has 0 aromatic rings. The van der Waals surface area contributed by atoms with Gasteiger partial charge in [0.25, 0.3) is 0 Å². The smallest absolute Gasteiger partial charge is 0.107 e. The molecular weight excluding hydrogens is 502 g/mol. The molecule has 244 valence electrons. The third kappa shape index (κ3) is 23.5. The first-order valence-corrected chi connectivity index (χ1v) is 18.9. The monoisotopic (exact) mass is 578 g/mol. The Kier molecular flexibility index (Phi) is 27.6. The SMILES string of the molecule is CCCCCCCCCCCCCCCC1=NCCN1CCN(C)C(O)CCCCCCCCCCCCCCC. The van der Waals surface area contributed by atoms with Crippen LogP contribution in [0.4, 0.5) is 0 Å². The molecule has 0 aromatic carbocycles. The summed E-state index contributed by atoms with van der Waals surface area (Å²) in [6.07, 6.45) is 37.9. The summed E-state index contributed by atoms with van der Waals surface area (Å²) in [5.74, 6) is 1.33. The zero-order chi connectivity index (χ0) is 29.6. The van der Waals surface area contributed by atoms with Crippen LogP contribution >= 0.6 is 0 Å². The van der Waals surface area contributed by atoms with Crippen LogP contribution in [0.5, 0.6) is 0 Å². The van der Waals surface area contributed by atoms with Crippen molar-refractivity contribution in [1.82, 2.24) is 9.80 Å². The summed E-state index contributed by atoms with van der Waals surface area (Å²) in [6.45, 7) is 8.54. The van der Waals surface area contributed by atoms with Crippen molar-refractivity contribution >= 4 is 5.84 Å². The van der Waals surface area contributed by atoms with Gasteiger partial charge in [0.2, 0.25) is 0 Å². The molecule has 0 radical (unpaired) electrons. The predicted molar refractivity (Wildman–Crippen MR) is 183 cm³/mol. The molecule has 0 amide bonds. The molecule has 1 atom stereocenters. The van der Waals surface area contributed by atoms with E-state index in [9.17, 15) is 5.11 Å². The molecule has 0 bridgehead atoms. The Morgan fingerprint density at radius 1 is 0.610 bits per heavy atom. The van der Waals surface area contributed by atoms with E-state index in [1.165, 1.54) is 166 Å². The molecule has 1 aliphatic rings. The van der Waals surface area contributed by atoms with Gasteiger partial charge in [-0.2, -0.15) is 0 Å². The molecule has 1 unspecified atom stereocenters. The van der Waals surface area contributed by atoms with Gasteiger partial charge in [-0.15, -0.1) is 0 Å². The highest BCUT2D eigenvalue weighted by atomic mass is 16.3. The predicted octanol–water partition coefficient (Wildman–Crippen LogP) is 10.9. The highest BCUT2D eigenvalue weighted by molar-refractivity contribution is 5.83. The van der Waals surface area contributed by atoms with E-state index in [-0.39, 0.29) is 6.23 Å². The molecule has 4 heteroatoms. The highest BCUT2D eigenvalue weighted by Crippen LogP contribution is 2.16. The van der Waals surface area contributed by atoms with E-state index in [2.05, 4.69) is 30.7 Å². The van der Waals surface area contributed by atoms with Crippen LogP contribution in [0.1, 0.15) is 194 Å². The van der Waals surface area contributed by atoms with Gasteiger partial charge < -0.3 is 10.0 Å². The fourth-order valence-corrected chi connectivity index (χ4v) is 6.30. The summed E-state index contributed by atoms with van der Waals surface area (Å²) in [5.41, 5.74) is 0. The first-order valence-electron chi connectivity index (χ1n) is 18.9. The van der Waals surface area contributed by atoms with Crippen molar-refractivity contribution in [2.24, 2.45) is 4.99 Å². The number of aliphatic imine (C=N–C) groups is 1. The van der Waals surface area contributed by atoms with E-state index >= 15 is 0 Å². The fraction of sp³-hybridized carbons (Fsp3) is 0.973. The van der Waals surface area contributed by atoms with E-state index in [4.69, 9.17) is 4.99 Å². The Labute approximate surface area is 258 Å². The molecule has 1 rings (SSSR count). The second kappa shape index (κ2) is 29.5. The highest BCUT2D eigenvalue weighted by Gasteiger charge is 2.18. The maximum Gasteiger partial charge on any atom is 0.107 e. The van der Waals surface area contributed by atoms with Gasteiger partial charge in [0.05, 0.1) is 12.4 Å². The Bertz CT molecular complexity index is 566. The molecule has 41 heavy (non-hydrogen) atoms. The number of amidine groups is 1. The number of hydrogen-bond donors (Lipinski definition) is 1. The van der Waals surface area contributed by atoms with Gasteiger partial charge in [-0.1, -0.05) is 168 Å². The van der Waals surface area contributed by atoms with Gasteiger partial charge >= 0.3 is 0 Å². The minimum Gasteiger partial charge on any atom is -0.378 e. The lowest BCUT2D eigenvalue weighted by Crippen LogP contribution is -2.40. The van der Waals surface area contributed by atoms with E-state index in [0.29, 0.717) is 0 Å². The Morgan fingerprint density at radius 2 is 1.00 bits per heavy atom. The first-order chi connectivity index (χ1) is 20.2. The van der Waals surface area contributed by atoms with Crippen LogP contribution in [0, 0.1) is 0 Å². The molecule has 1 aliphatic heterocycles. The summed E-state index contributed by atoms with van der Waals surface area (Å²) in [5, 5.41) is 10.6. The molecular formula is C37H75N3O. The van der Waals surface area contributed by atoms with Crippen LogP contribution in [0.15, 0.2) is 4.99 Å². The summed E-state index contributed by atoms with van der Waals surface area (Å²) in [6, 6.07) is 0. The van der Waals surface area contributed by atoms with Gasteiger partial charge in [0, 0.05) is 26.1 Å². The Balaban J connectivity index is 1.93. The fourth-order valence-electron chi connectivity index (χ4n) is 6.30. The minimum absolute atomic E-state index is 0.299. The van der Waals surface area contributed by atoms with Crippen molar-refractivity contribution < 1.29 is 5.11 Å².